The molecule has 0 spiro atoms. The fourth-order valence-corrected chi connectivity index (χ4v) is 13.4. The molecule has 9 heteroatoms. The zero-order valence-electron chi connectivity index (χ0n) is 63.7. The van der Waals surface area contributed by atoms with Crippen LogP contribution in [0.1, 0.15) is 463 Å². The maximum atomic E-state index is 13.0. The number of hydrogen-bond acceptors (Lipinski definition) is 7. The average molecular weight is 1320 g/mol. The minimum atomic E-state index is -1.51. The third-order valence-corrected chi connectivity index (χ3v) is 19.9. The lowest BCUT2D eigenvalue weighted by atomic mass is 10.0. The van der Waals surface area contributed by atoms with Crippen LogP contribution in [0.15, 0.2) is 0 Å². The lowest BCUT2D eigenvalue weighted by Crippen LogP contribution is -2.40. The van der Waals surface area contributed by atoms with Crippen LogP contribution >= 0.6 is 0 Å². The van der Waals surface area contributed by atoms with E-state index in [4.69, 9.17) is 18.9 Å². The van der Waals surface area contributed by atoms with Crippen LogP contribution in [0.4, 0.5) is 0 Å². The second-order valence-corrected chi connectivity index (χ2v) is 30.5. The summed E-state index contributed by atoms with van der Waals surface area (Å²) in [5.41, 5.74) is 0. The number of ether oxygens (including phenoxy) is 4. The first-order valence-corrected chi connectivity index (χ1v) is 42.2. The van der Waals surface area contributed by atoms with Crippen LogP contribution in [0.2, 0.25) is 0 Å². The van der Waals surface area contributed by atoms with Crippen LogP contribution in [0, 0.1) is 0 Å². The lowest BCUT2D eigenvalue weighted by molar-refractivity contribution is -0.870. The van der Waals surface area contributed by atoms with Crippen molar-refractivity contribution in [2.24, 2.45) is 0 Å². The Kier molecular flexibility index (Phi) is 74.7. The van der Waals surface area contributed by atoms with Crippen molar-refractivity contribution < 1.29 is 42.9 Å². The summed E-state index contributed by atoms with van der Waals surface area (Å²) in [5, 5.41) is 9.78. The highest BCUT2D eigenvalue weighted by molar-refractivity contribution is 5.71. The zero-order chi connectivity index (χ0) is 67.5. The molecule has 9 nitrogen and oxygen atoms in total. The van der Waals surface area contributed by atoms with Crippen LogP contribution in [0.25, 0.3) is 0 Å². The fraction of sp³-hybridized carbons (Fsp3) is 0.964. The van der Waals surface area contributed by atoms with E-state index in [2.05, 4.69) is 13.8 Å². The Morgan fingerprint density at radius 2 is 0.484 bits per heavy atom. The van der Waals surface area contributed by atoms with Gasteiger partial charge in [-0.2, -0.15) is 0 Å². The molecule has 0 fully saturated rings. The molecule has 2 atom stereocenters. The smallest absolute Gasteiger partial charge is 0.361 e. The largest absolute Gasteiger partial charge is 0.477 e. The van der Waals surface area contributed by atoms with Crippen molar-refractivity contribution in [1.29, 1.82) is 0 Å². The van der Waals surface area contributed by atoms with Gasteiger partial charge in [0, 0.05) is 12.8 Å². The van der Waals surface area contributed by atoms with Gasteiger partial charge in [0.25, 0.3) is 6.29 Å². The molecule has 0 aliphatic heterocycles. The highest BCUT2D eigenvalue weighted by Gasteiger charge is 2.25. The third kappa shape index (κ3) is 77.5. The van der Waals surface area contributed by atoms with Gasteiger partial charge in [-0.05, 0) is 12.8 Å². The number of carboxylic acids is 1. The average Bonchev–Trinajstić information content (AvgIpc) is 3.69. The second kappa shape index (κ2) is 76.1. The highest BCUT2D eigenvalue weighted by Crippen LogP contribution is 2.21. The van der Waals surface area contributed by atoms with E-state index in [0.29, 0.717) is 17.4 Å². The van der Waals surface area contributed by atoms with Crippen molar-refractivity contribution in [3.05, 3.63) is 0 Å². The van der Waals surface area contributed by atoms with Gasteiger partial charge in [0.2, 0.25) is 0 Å². The van der Waals surface area contributed by atoms with Crippen LogP contribution < -0.4 is 0 Å². The monoisotopic (exact) mass is 1320 g/mol. The first-order valence-electron chi connectivity index (χ1n) is 42.2. The molecule has 0 aromatic carbocycles. The summed E-state index contributed by atoms with van der Waals surface area (Å²) < 4.78 is 23.1. The Labute approximate surface area is 581 Å². The van der Waals surface area contributed by atoms with Gasteiger partial charge in [0.1, 0.15) is 13.2 Å². The predicted octanol–water partition coefficient (Wildman–Crippen LogP) is 26.9. The van der Waals surface area contributed by atoms with E-state index >= 15 is 0 Å². The number of esters is 2. The lowest BCUT2D eigenvalue weighted by Gasteiger charge is -2.25. The fourth-order valence-electron chi connectivity index (χ4n) is 13.4. The van der Waals surface area contributed by atoms with Crippen LogP contribution in [0.5, 0.6) is 0 Å². The van der Waals surface area contributed by atoms with Gasteiger partial charge in [0.05, 0.1) is 34.4 Å². The number of quaternary nitrogens is 1. The number of carbonyl (C=O) groups is 3. The van der Waals surface area contributed by atoms with Gasteiger partial charge in [0.15, 0.2) is 6.10 Å². The topological polar surface area (TPSA) is 108 Å². The molecule has 0 heterocycles. The molecule has 0 aliphatic rings. The number of likely N-dealkylation sites (N-methyl/N-ethyl adjacent to an activating group) is 1. The van der Waals surface area contributed by atoms with Gasteiger partial charge >= 0.3 is 17.9 Å². The maximum Gasteiger partial charge on any atom is 0.361 e. The van der Waals surface area contributed by atoms with Crippen molar-refractivity contribution >= 4 is 17.9 Å². The summed E-state index contributed by atoms with van der Waals surface area (Å²) in [5.74, 6) is -1.96. The molecule has 93 heavy (non-hydrogen) atoms. The second-order valence-electron chi connectivity index (χ2n) is 30.5. The van der Waals surface area contributed by atoms with Crippen LogP contribution in [-0.4, -0.2) is 87.4 Å². The Hall–Kier alpha value is -1.71. The number of rotatable bonds is 81. The summed E-state index contributed by atoms with van der Waals surface area (Å²) in [6.07, 6.45) is 91.5. The van der Waals surface area contributed by atoms with E-state index < -0.39 is 18.4 Å². The van der Waals surface area contributed by atoms with E-state index in [0.717, 1.165) is 38.5 Å². The standard InChI is InChI=1S/C84H165NO8/c1-6-8-10-12-14-16-18-20-22-24-26-28-30-32-34-36-38-40-42-44-46-48-50-52-54-56-58-60-62-64-66-68-70-72-74-81(86)91-78-80(79-92-84(83(88)89)90-77-76-85(3,4)5)93-82(87)75-73-71-69-67-65-63-61-59-57-55-53-51-49-47-45-43-41-39-37-35-33-31-29-27-25-23-21-19-17-15-13-11-9-7-2/h80,84H,6-79H2,1-5H3/p+1. The van der Waals surface area contributed by atoms with Crippen LogP contribution in [0.3, 0.4) is 0 Å². The Bertz CT molecular complexity index is 1480. The molecule has 554 valence electrons. The van der Waals surface area contributed by atoms with E-state index in [1.165, 1.54) is 398 Å². The summed E-state index contributed by atoms with van der Waals surface area (Å²) in [6, 6.07) is 0. The van der Waals surface area contributed by atoms with Gasteiger partial charge in [-0.1, -0.05) is 438 Å². The zero-order valence-corrected chi connectivity index (χ0v) is 63.7. The Balaban J connectivity index is 3.92. The molecule has 2 unspecified atom stereocenters. The number of carboxylic acid groups (broad SMARTS) is 1. The van der Waals surface area contributed by atoms with E-state index in [9.17, 15) is 19.5 Å². The molecular formula is C84H166NO8+. The van der Waals surface area contributed by atoms with Gasteiger partial charge in [-0.3, -0.25) is 9.59 Å². The molecule has 0 aliphatic carbocycles. The van der Waals surface area contributed by atoms with Gasteiger partial charge in [-0.25, -0.2) is 4.79 Å². The van der Waals surface area contributed by atoms with Crippen LogP contribution in [-0.2, 0) is 33.3 Å². The number of nitrogens with zero attached hydrogens (tertiary/aromatic N) is 1. The molecule has 0 saturated heterocycles. The SMILES string of the molecule is CCCCCCCCCCCCCCCCCCCCCCCCCCCCCCCCCCCCC(=O)OCC(COC(OCC[N+](C)(C)C)C(=O)O)OC(=O)CCCCCCCCCCCCCCCCCCCCCCCCCCCCCCCCCCCC. The first kappa shape index (κ1) is 91.3. The Morgan fingerprint density at radius 3 is 0.688 bits per heavy atom. The molecule has 0 bridgehead atoms. The van der Waals surface area contributed by atoms with Crippen molar-refractivity contribution in [3.8, 4) is 0 Å². The summed E-state index contributed by atoms with van der Waals surface area (Å²) in [6.45, 7) is 4.99. The molecule has 0 radical (unpaired) electrons. The first-order chi connectivity index (χ1) is 45.6. The third-order valence-electron chi connectivity index (χ3n) is 19.9. The molecule has 0 saturated carbocycles. The maximum absolute atomic E-state index is 13.0. The number of aliphatic carboxylic acids is 1. The van der Waals surface area contributed by atoms with Crippen molar-refractivity contribution in [2.75, 3.05) is 47.5 Å². The molecule has 0 aromatic heterocycles. The molecular weight excluding hydrogens is 1150 g/mol. The number of hydrogen-bond donors (Lipinski definition) is 1. The summed E-state index contributed by atoms with van der Waals surface area (Å²) in [7, 11) is 6.01. The van der Waals surface area contributed by atoms with E-state index in [1.807, 2.05) is 21.1 Å². The summed E-state index contributed by atoms with van der Waals surface area (Å²) in [4.78, 5) is 37.8. The molecule has 0 amide bonds. The molecule has 1 N–H and O–H groups in total. The van der Waals surface area contributed by atoms with E-state index in [1.54, 1.807) is 0 Å². The molecule has 0 rings (SSSR count). The Morgan fingerprint density at radius 1 is 0.280 bits per heavy atom. The summed E-state index contributed by atoms with van der Waals surface area (Å²) >= 11 is 0. The van der Waals surface area contributed by atoms with Gasteiger partial charge < -0.3 is 28.5 Å². The minimum Gasteiger partial charge on any atom is -0.477 e. The minimum absolute atomic E-state index is 0.171. The van der Waals surface area contributed by atoms with E-state index in [-0.39, 0.29) is 38.2 Å². The van der Waals surface area contributed by atoms with Crippen molar-refractivity contribution in [3.63, 3.8) is 0 Å². The van der Waals surface area contributed by atoms with Crippen molar-refractivity contribution in [1.82, 2.24) is 0 Å². The van der Waals surface area contributed by atoms with Crippen molar-refractivity contribution in [2.45, 2.75) is 476 Å². The highest BCUT2D eigenvalue weighted by atomic mass is 16.7. The quantitative estimate of drug-likeness (QED) is 0.0278. The molecule has 0 aromatic rings. The number of carbonyl (C=O) groups excluding carboxylic acids is 2. The van der Waals surface area contributed by atoms with Gasteiger partial charge in [-0.15, -0.1) is 0 Å². The normalized spacial score (nSPS) is 12.5. The number of unbranched alkanes of at least 4 members (excludes halogenated alkanes) is 66. The predicted molar refractivity (Wildman–Crippen MR) is 402 cm³/mol.